The lowest BCUT2D eigenvalue weighted by Gasteiger charge is -2.35. The molecule has 1 amide bonds. The van der Waals surface area contributed by atoms with E-state index in [0.29, 0.717) is 36.4 Å². The van der Waals surface area contributed by atoms with Gasteiger partial charge in [0.1, 0.15) is 6.10 Å². The lowest BCUT2D eigenvalue weighted by atomic mass is 9.92. The molecule has 136 valence electrons. The third-order valence-electron chi connectivity index (χ3n) is 4.63. The number of esters is 1. The fourth-order valence-electron chi connectivity index (χ4n) is 3.55. The van der Waals surface area contributed by atoms with E-state index in [-0.39, 0.29) is 12.5 Å². The fraction of sp³-hybridized carbons (Fsp3) is 0.579. The van der Waals surface area contributed by atoms with Gasteiger partial charge < -0.3 is 19.1 Å². The zero-order valence-corrected chi connectivity index (χ0v) is 14.9. The molecule has 6 heteroatoms. The van der Waals surface area contributed by atoms with Crippen LogP contribution in [0, 0.1) is 11.8 Å². The second-order valence-electron chi connectivity index (χ2n) is 7.16. The number of piperidine rings is 1. The Morgan fingerprint density at radius 1 is 1.08 bits per heavy atom. The Morgan fingerprint density at radius 2 is 1.68 bits per heavy atom. The first-order valence-corrected chi connectivity index (χ1v) is 8.80. The summed E-state index contributed by atoms with van der Waals surface area (Å²) in [5.41, 5.74) is 0. The Hall–Kier alpha value is -2.24. The Balaban J connectivity index is 1.55. The molecule has 0 bridgehead atoms. The normalized spacial score (nSPS) is 28.4. The van der Waals surface area contributed by atoms with E-state index in [0.717, 1.165) is 6.42 Å². The van der Waals surface area contributed by atoms with Crippen molar-refractivity contribution in [3.05, 3.63) is 24.3 Å². The standard InChI is InChI=1S/C19H25NO5/c1-12-8-13(2)10-20(9-12)17(21)11-23-19(22)18-14(3)24-15-6-4-5-7-16(15)25-18/h4-7,12-14,18H,8-11H2,1-3H3. The Kier molecular flexibility index (Phi) is 5.16. The second kappa shape index (κ2) is 7.33. The van der Waals surface area contributed by atoms with Gasteiger partial charge in [-0.2, -0.15) is 0 Å². The third kappa shape index (κ3) is 4.06. The van der Waals surface area contributed by atoms with Crippen LogP contribution in [-0.2, 0) is 14.3 Å². The molecule has 0 aliphatic carbocycles. The van der Waals surface area contributed by atoms with Gasteiger partial charge in [-0.3, -0.25) is 4.79 Å². The molecular weight excluding hydrogens is 322 g/mol. The molecule has 3 rings (SSSR count). The van der Waals surface area contributed by atoms with Gasteiger partial charge in [0.2, 0.25) is 6.10 Å². The van der Waals surface area contributed by atoms with Gasteiger partial charge in [-0.15, -0.1) is 0 Å². The number of benzene rings is 1. The van der Waals surface area contributed by atoms with Crippen molar-refractivity contribution in [2.75, 3.05) is 19.7 Å². The lowest BCUT2D eigenvalue weighted by molar-refractivity contribution is -0.163. The average molecular weight is 347 g/mol. The number of hydrogen-bond acceptors (Lipinski definition) is 5. The first-order valence-electron chi connectivity index (χ1n) is 8.80. The molecule has 0 spiro atoms. The molecule has 4 unspecified atom stereocenters. The van der Waals surface area contributed by atoms with Crippen molar-refractivity contribution < 1.29 is 23.8 Å². The topological polar surface area (TPSA) is 65.1 Å². The van der Waals surface area contributed by atoms with Crippen molar-refractivity contribution in [3.63, 3.8) is 0 Å². The molecule has 1 aromatic carbocycles. The number of likely N-dealkylation sites (tertiary alicyclic amines) is 1. The van der Waals surface area contributed by atoms with Crippen LogP contribution in [0.3, 0.4) is 0 Å². The molecular formula is C19H25NO5. The molecule has 2 aliphatic rings. The molecule has 2 aliphatic heterocycles. The Labute approximate surface area is 148 Å². The predicted octanol–water partition coefficient (Wildman–Crippen LogP) is 2.26. The van der Waals surface area contributed by atoms with Crippen LogP contribution in [-0.4, -0.2) is 48.7 Å². The number of para-hydroxylation sites is 2. The maximum atomic E-state index is 12.3. The highest BCUT2D eigenvalue weighted by molar-refractivity contribution is 5.82. The molecule has 0 radical (unpaired) electrons. The van der Waals surface area contributed by atoms with Gasteiger partial charge in [-0.1, -0.05) is 26.0 Å². The average Bonchev–Trinajstić information content (AvgIpc) is 2.57. The van der Waals surface area contributed by atoms with Gasteiger partial charge >= 0.3 is 5.97 Å². The van der Waals surface area contributed by atoms with Crippen LogP contribution in [0.15, 0.2) is 24.3 Å². The quantitative estimate of drug-likeness (QED) is 0.785. The molecule has 0 aromatic heterocycles. The predicted molar refractivity (Wildman–Crippen MR) is 91.4 cm³/mol. The van der Waals surface area contributed by atoms with Crippen molar-refractivity contribution in [3.8, 4) is 11.5 Å². The molecule has 0 saturated carbocycles. The van der Waals surface area contributed by atoms with Crippen molar-refractivity contribution in [1.29, 1.82) is 0 Å². The van der Waals surface area contributed by atoms with E-state index in [4.69, 9.17) is 14.2 Å². The molecule has 25 heavy (non-hydrogen) atoms. The monoisotopic (exact) mass is 347 g/mol. The molecule has 4 atom stereocenters. The van der Waals surface area contributed by atoms with Gasteiger partial charge in [0, 0.05) is 13.1 Å². The number of fused-ring (bicyclic) bond motifs is 1. The van der Waals surface area contributed by atoms with Crippen molar-refractivity contribution in [2.24, 2.45) is 11.8 Å². The number of ether oxygens (including phenoxy) is 3. The number of rotatable bonds is 3. The minimum atomic E-state index is -0.873. The molecule has 1 aromatic rings. The number of hydrogen-bond donors (Lipinski definition) is 0. The summed E-state index contributed by atoms with van der Waals surface area (Å²) in [5, 5.41) is 0. The lowest BCUT2D eigenvalue weighted by Crippen LogP contribution is -2.47. The summed E-state index contributed by atoms with van der Waals surface area (Å²) < 4.78 is 16.6. The first kappa shape index (κ1) is 17.6. The minimum absolute atomic E-state index is 0.156. The van der Waals surface area contributed by atoms with Crippen LogP contribution in [0.5, 0.6) is 11.5 Å². The van der Waals surface area contributed by atoms with Gasteiger partial charge in [0.15, 0.2) is 18.1 Å². The summed E-state index contributed by atoms with van der Waals surface area (Å²) in [7, 11) is 0. The third-order valence-corrected chi connectivity index (χ3v) is 4.63. The molecule has 0 N–H and O–H groups in total. The van der Waals surface area contributed by atoms with Crippen LogP contribution < -0.4 is 9.47 Å². The fourth-order valence-corrected chi connectivity index (χ4v) is 3.55. The number of carbonyl (C=O) groups excluding carboxylic acids is 2. The van der Waals surface area contributed by atoms with E-state index in [1.165, 1.54) is 0 Å². The molecule has 1 fully saturated rings. The summed E-state index contributed by atoms with van der Waals surface area (Å²) >= 11 is 0. The molecule has 6 nitrogen and oxygen atoms in total. The van der Waals surface area contributed by atoms with E-state index in [2.05, 4.69) is 13.8 Å². The smallest absolute Gasteiger partial charge is 0.351 e. The van der Waals surface area contributed by atoms with Crippen molar-refractivity contribution >= 4 is 11.9 Å². The van der Waals surface area contributed by atoms with Crippen LogP contribution >= 0.6 is 0 Å². The molecule has 2 heterocycles. The van der Waals surface area contributed by atoms with Gasteiger partial charge in [-0.05, 0) is 37.3 Å². The maximum absolute atomic E-state index is 12.3. The van der Waals surface area contributed by atoms with Crippen LogP contribution in [0.2, 0.25) is 0 Å². The number of nitrogens with zero attached hydrogens (tertiary/aromatic N) is 1. The second-order valence-corrected chi connectivity index (χ2v) is 7.16. The highest BCUT2D eigenvalue weighted by Gasteiger charge is 2.36. The van der Waals surface area contributed by atoms with E-state index < -0.39 is 18.2 Å². The van der Waals surface area contributed by atoms with Crippen LogP contribution in [0.1, 0.15) is 27.2 Å². The zero-order chi connectivity index (χ0) is 18.0. The van der Waals surface area contributed by atoms with E-state index in [1.54, 1.807) is 24.0 Å². The van der Waals surface area contributed by atoms with Crippen LogP contribution in [0.25, 0.3) is 0 Å². The summed E-state index contributed by atoms with van der Waals surface area (Å²) in [6.45, 7) is 7.19. The van der Waals surface area contributed by atoms with Gasteiger partial charge in [-0.25, -0.2) is 4.79 Å². The first-order chi connectivity index (χ1) is 11.9. The highest BCUT2D eigenvalue weighted by Crippen LogP contribution is 2.33. The van der Waals surface area contributed by atoms with Crippen molar-refractivity contribution in [2.45, 2.75) is 39.4 Å². The van der Waals surface area contributed by atoms with E-state index in [9.17, 15) is 9.59 Å². The summed E-state index contributed by atoms with van der Waals surface area (Å²) in [6, 6.07) is 7.17. The number of amides is 1. The Bertz CT molecular complexity index is 636. The van der Waals surface area contributed by atoms with Gasteiger partial charge in [0.25, 0.3) is 5.91 Å². The van der Waals surface area contributed by atoms with Crippen molar-refractivity contribution in [1.82, 2.24) is 4.90 Å². The van der Waals surface area contributed by atoms with E-state index >= 15 is 0 Å². The summed E-state index contributed by atoms with van der Waals surface area (Å²) in [6.07, 6.45) is -0.234. The van der Waals surface area contributed by atoms with E-state index in [1.807, 2.05) is 12.1 Å². The van der Waals surface area contributed by atoms with Gasteiger partial charge in [0.05, 0.1) is 0 Å². The summed E-state index contributed by atoms with van der Waals surface area (Å²) in [4.78, 5) is 26.5. The van der Waals surface area contributed by atoms with Crippen LogP contribution in [0.4, 0.5) is 0 Å². The minimum Gasteiger partial charge on any atom is -0.482 e. The Morgan fingerprint density at radius 3 is 2.32 bits per heavy atom. The zero-order valence-electron chi connectivity index (χ0n) is 14.9. The maximum Gasteiger partial charge on any atom is 0.351 e. The summed E-state index contributed by atoms with van der Waals surface area (Å²) in [5.74, 6) is 1.31. The highest BCUT2D eigenvalue weighted by atomic mass is 16.6. The molecule has 1 saturated heterocycles. The largest absolute Gasteiger partial charge is 0.482 e. The SMILES string of the molecule is CC1CC(C)CN(C(=O)COC(=O)C2Oc3ccccc3OC2C)C1. The number of carbonyl (C=O) groups is 2.